The average Bonchev–Trinajstić information content (AvgIpc) is 2.37. The van der Waals surface area contributed by atoms with Crippen molar-refractivity contribution in [3.63, 3.8) is 0 Å². The molecule has 0 aromatic heterocycles. The molecule has 0 aliphatic heterocycles. The molecule has 0 aliphatic carbocycles. The molecule has 0 heterocycles. The van der Waals surface area contributed by atoms with Gasteiger partial charge in [0, 0.05) is 22.5 Å². The fourth-order valence-corrected chi connectivity index (χ4v) is 2.06. The van der Waals surface area contributed by atoms with Crippen molar-refractivity contribution >= 4 is 45.2 Å². The fraction of sp³-hybridized carbons (Fsp3) is 0.385. The highest BCUT2D eigenvalue weighted by Crippen LogP contribution is 2.25. The van der Waals surface area contributed by atoms with Crippen LogP contribution in [0, 0.1) is 0 Å². The van der Waals surface area contributed by atoms with E-state index >= 15 is 0 Å². The van der Waals surface area contributed by atoms with Crippen LogP contribution in [0.5, 0.6) is 0 Å². The fourth-order valence-electron chi connectivity index (χ4n) is 1.54. The highest BCUT2D eigenvalue weighted by molar-refractivity contribution is 9.10. The van der Waals surface area contributed by atoms with E-state index in [1.54, 1.807) is 18.2 Å². The molecule has 0 radical (unpaired) electrons. The third kappa shape index (κ3) is 6.77. The highest BCUT2D eigenvalue weighted by atomic mass is 79.9. The maximum absolute atomic E-state index is 11.6. The number of carbonyl (C=O) groups excluding carboxylic acids is 1. The molecule has 7 heteroatoms. The Morgan fingerprint density at radius 3 is 2.70 bits per heavy atom. The van der Waals surface area contributed by atoms with E-state index in [0.717, 1.165) is 17.3 Å². The number of hydrogen-bond acceptors (Lipinski definition) is 2. The first-order valence-electron chi connectivity index (χ1n) is 6.20. The number of carbonyl (C=O) groups is 2. The van der Waals surface area contributed by atoms with Gasteiger partial charge in [-0.2, -0.15) is 0 Å². The number of halogens is 2. The van der Waals surface area contributed by atoms with Gasteiger partial charge in [-0.25, -0.2) is 4.79 Å². The predicted molar refractivity (Wildman–Crippen MR) is 82.3 cm³/mol. The zero-order chi connectivity index (χ0) is 15.0. The number of hydrogen-bond donors (Lipinski definition) is 3. The van der Waals surface area contributed by atoms with Crippen molar-refractivity contribution in [3.8, 4) is 0 Å². The molecule has 0 atom stereocenters. The minimum atomic E-state index is -0.790. The molecule has 1 aromatic carbocycles. The number of aliphatic carboxylic acids is 1. The normalized spacial score (nSPS) is 10.1. The highest BCUT2D eigenvalue weighted by Gasteiger charge is 2.05. The van der Waals surface area contributed by atoms with Gasteiger partial charge in [0.1, 0.15) is 0 Å². The Hall–Kier alpha value is -1.27. The molecule has 0 fully saturated rings. The Balaban J connectivity index is 2.23. The number of carboxylic acids is 1. The molecule has 1 rings (SSSR count). The lowest BCUT2D eigenvalue weighted by atomic mass is 10.2. The van der Waals surface area contributed by atoms with Crippen molar-refractivity contribution in [2.75, 3.05) is 11.9 Å². The SMILES string of the molecule is O=C(O)CCCCCNC(=O)Nc1cc(Cl)ccc1Br. The zero-order valence-corrected chi connectivity index (χ0v) is 13.1. The van der Waals surface area contributed by atoms with Gasteiger partial charge in [-0.1, -0.05) is 18.0 Å². The van der Waals surface area contributed by atoms with E-state index in [1.165, 1.54) is 0 Å². The summed E-state index contributed by atoms with van der Waals surface area (Å²) in [7, 11) is 0. The van der Waals surface area contributed by atoms with Crippen LogP contribution >= 0.6 is 27.5 Å². The van der Waals surface area contributed by atoms with Gasteiger partial charge >= 0.3 is 12.0 Å². The van der Waals surface area contributed by atoms with E-state index in [9.17, 15) is 9.59 Å². The van der Waals surface area contributed by atoms with Crippen molar-refractivity contribution in [2.45, 2.75) is 25.7 Å². The van der Waals surface area contributed by atoms with Crippen LogP contribution < -0.4 is 10.6 Å². The predicted octanol–water partition coefficient (Wildman–Crippen LogP) is 3.87. The summed E-state index contributed by atoms with van der Waals surface area (Å²) >= 11 is 9.16. The van der Waals surface area contributed by atoms with E-state index in [2.05, 4.69) is 26.6 Å². The summed E-state index contributed by atoms with van der Waals surface area (Å²) in [6.07, 6.45) is 2.31. The number of urea groups is 1. The summed E-state index contributed by atoms with van der Waals surface area (Å²) in [5.74, 6) is -0.790. The van der Waals surface area contributed by atoms with Crippen molar-refractivity contribution in [3.05, 3.63) is 27.7 Å². The maximum Gasteiger partial charge on any atom is 0.319 e. The third-order valence-corrected chi connectivity index (χ3v) is 3.46. The van der Waals surface area contributed by atoms with Crippen LogP contribution in [-0.2, 0) is 4.79 Å². The average molecular weight is 364 g/mol. The van der Waals surface area contributed by atoms with E-state index in [0.29, 0.717) is 23.7 Å². The Kier molecular flexibility index (Phi) is 7.40. The maximum atomic E-state index is 11.6. The standard InChI is InChI=1S/C13H16BrClN2O3/c14-10-6-5-9(15)8-11(10)17-13(20)16-7-3-1-2-4-12(18)19/h5-6,8H,1-4,7H2,(H,18,19)(H2,16,17,20). The number of nitrogens with one attached hydrogen (secondary N) is 2. The van der Waals surface area contributed by atoms with Crippen LogP contribution in [0.3, 0.4) is 0 Å². The third-order valence-electron chi connectivity index (χ3n) is 2.53. The molecule has 0 unspecified atom stereocenters. The molecule has 0 spiro atoms. The molecular weight excluding hydrogens is 348 g/mol. The molecule has 2 amide bonds. The lowest BCUT2D eigenvalue weighted by Crippen LogP contribution is -2.29. The molecule has 5 nitrogen and oxygen atoms in total. The van der Waals surface area contributed by atoms with E-state index < -0.39 is 5.97 Å². The lowest BCUT2D eigenvalue weighted by Gasteiger charge is -2.09. The number of amides is 2. The van der Waals surface area contributed by atoms with Crippen molar-refractivity contribution < 1.29 is 14.7 Å². The van der Waals surface area contributed by atoms with Gasteiger partial charge < -0.3 is 15.7 Å². The Morgan fingerprint density at radius 2 is 2.00 bits per heavy atom. The molecular formula is C13H16BrClN2O3. The van der Waals surface area contributed by atoms with Crippen molar-refractivity contribution in [1.29, 1.82) is 0 Å². The van der Waals surface area contributed by atoms with Crippen LogP contribution in [0.1, 0.15) is 25.7 Å². The van der Waals surface area contributed by atoms with Gasteiger partial charge in [0.15, 0.2) is 0 Å². The quantitative estimate of drug-likeness (QED) is 0.643. The second kappa shape index (κ2) is 8.81. The molecule has 0 saturated heterocycles. The van der Waals surface area contributed by atoms with Gasteiger partial charge in [-0.05, 0) is 47.0 Å². The molecule has 110 valence electrons. The number of benzene rings is 1. The Morgan fingerprint density at radius 1 is 1.25 bits per heavy atom. The van der Waals surface area contributed by atoms with E-state index in [4.69, 9.17) is 16.7 Å². The molecule has 0 saturated carbocycles. The van der Waals surface area contributed by atoms with Crippen molar-refractivity contribution in [1.82, 2.24) is 5.32 Å². The second-order valence-corrected chi connectivity index (χ2v) is 5.50. The van der Waals surface area contributed by atoms with Gasteiger partial charge in [0.25, 0.3) is 0 Å². The van der Waals surface area contributed by atoms with Gasteiger partial charge in [-0.3, -0.25) is 4.79 Å². The topological polar surface area (TPSA) is 78.4 Å². The summed E-state index contributed by atoms with van der Waals surface area (Å²) in [6.45, 7) is 0.504. The van der Waals surface area contributed by atoms with Gasteiger partial charge in [0.2, 0.25) is 0 Å². The zero-order valence-electron chi connectivity index (χ0n) is 10.8. The largest absolute Gasteiger partial charge is 0.481 e. The van der Waals surface area contributed by atoms with Gasteiger partial charge in [-0.15, -0.1) is 0 Å². The molecule has 0 bridgehead atoms. The van der Waals surface area contributed by atoms with Crippen LogP contribution in [0.25, 0.3) is 0 Å². The molecule has 0 aliphatic rings. The Bertz CT molecular complexity index is 483. The number of unbranched alkanes of at least 4 members (excludes halogenated alkanes) is 2. The second-order valence-electron chi connectivity index (χ2n) is 4.21. The summed E-state index contributed by atoms with van der Waals surface area (Å²) in [5, 5.41) is 14.4. The summed E-state index contributed by atoms with van der Waals surface area (Å²) < 4.78 is 0.749. The monoisotopic (exact) mass is 362 g/mol. The summed E-state index contributed by atoms with van der Waals surface area (Å²) in [4.78, 5) is 21.9. The summed E-state index contributed by atoms with van der Waals surface area (Å²) in [5.41, 5.74) is 0.598. The smallest absolute Gasteiger partial charge is 0.319 e. The first kappa shape index (κ1) is 16.8. The van der Waals surface area contributed by atoms with Gasteiger partial charge in [0.05, 0.1) is 5.69 Å². The summed E-state index contributed by atoms with van der Waals surface area (Å²) in [6, 6.07) is 4.81. The minimum absolute atomic E-state index is 0.168. The molecule has 20 heavy (non-hydrogen) atoms. The van der Waals surface area contributed by atoms with Crippen LogP contribution in [0.15, 0.2) is 22.7 Å². The number of carboxylic acid groups (broad SMARTS) is 1. The molecule has 1 aromatic rings. The van der Waals surface area contributed by atoms with Crippen LogP contribution in [0.4, 0.5) is 10.5 Å². The number of anilines is 1. The van der Waals surface area contributed by atoms with Crippen LogP contribution in [-0.4, -0.2) is 23.7 Å². The van der Waals surface area contributed by atoms with E-state index in [1.807, 2.05) is 0 Å². The first-order valence-corrected chi connectivity index (χ1v) is 7.38. The first-order chi connectivity index (χ1) is 9.49. The number of rotatable bonds is 7. The molecule has 3 N–H and O–H groups in total. The lowest BCUT2D eigenvalue weighted by molar-refractivity contribution is -0.137. The Labute approximate surface area is 130 Å². The minimum Gasteiger partial charge on any atom is -0.481 e. The van der Waals surface area contributed by atoms with Crippen molar-refractivity contribution in [2.24, 2.45) is 0 Å². The van der Waals surface area contributed by atoms with E-state index in [-0.39, 0.29) is 12.5 Å². The van der Waals surface area contributed by atoms with Crippen LogP contribution in [0.2, 0.25) is 5.02 Å².